The SMILES string of the molecule is CCOc1cnc([C@@H](C)N2CCc3ccc(S(=O)(=O)Cc4noc(C(C)(C)C)c4Cl)cc3C2)cn1. The first-order chi connectivity index (χ1) is 16.5. The van der Waals surface area contributed by atoms with Crippen molar-refractivity contribution in [2.75, 3.05) is 13.2 Å². The third kappa shape index (κ3) is 5.52. The highest BCUT2D eigenvalue weighted by molar-refractivity contribution is 7.90. The molecule has 0 amide bonds. The molecule has 1 aliphatic heterocycles. The van der Waals surface area contributed by atoms with Gasteiger partial charge in [-0.15, -0.1) is 0 Å². The Morgan fingerprint density at radius 1 is 1.20 bits per heavy atom. The molecule has 0 bridgehead atoms. The van der Waals surface area contributed by atoms with E-state index in [0.29, 0.717) is 24.8 Å². The molecule has 0 radical (unpaired) electrons. The highest BCUT2D eigenvalue weighted by Crippen LogP contribution is 2.34. The third-order valence-corrected chi connectivity index (χ3v) is 8.22. The van der Waals surface area contributed by atoms with Crippen LogP contribution in [-0.4, -0.2) is 41.6 Å². The van der Waals surface area contributed by atoms with Gasteiger partial charge in [-0.3, -0.25) is 9.88 Å². The molecule has 35 heavy (non-hydrogen) atoms. The van der Waals surface area contributed by atoms with E-state index in [0.717, 1.165) is 29.8 Å². The number of fused-ring (bicyclic) bond motifs is 1. The molecular weight excluding hydrogens is 488 g/mol. The molecule has 188 valence electrons. The average molecular weight is 519 g/mol. The molecule has 0 spiro atoms. The van der Waals surface area contributed by atoms with Crippen LogP contribution in [0.3, 0.4) is 0 Å². The fourth-order valence-electron chi connectivity index (χ4n) is 4.16. The second kappa shape index (κ2) is 9.87. The van der Waals surface area contributed by atoms with E-state index in [-0.39, 0.29) is 32.8 Å². The molecule has 8 nitrogen and oxygen atoms in total. The van der Waals surface area contributed by atoms with E-state index in [4.69, 9.17) is 20.9 Å². The lowest BCUT2D eigenvalue weighted by molar-refractivity contribution is 0.188. The molecular formula is C25H31ClN4O4S. The van der Waals surface area contributed by atoms with Crippen molar-refractivity contribution < 1.29 is 17.7 Å². The first-order valence-corrected chi connectivity index (χ1v) is 13.7. The van der Waals surface area contributed by atoms with Gasteiger partial charge in [0.15, 0.2) is 15.6 Å². The summed E-state index contributed by atoms with van der Waals surface area (Å²) in [4.78, 5) is 11.4. The van der Waals surface area contributed by atoms with Crippen LogP contribution in [-0.2, 0) is 34.0 Å². The highest BCUT2D eigenvalue weighted by Gasteiger charge is 2.29. The summed E-state index contributed by atoms with van der Waals surface area (Å²) < 4.78 is 37.2. The van der Waals surface area contributed by atoms with E-state index in [1.54, 1.807) is 24.5 Å². The zero-order chi connectivity index (χ0) is 25.4. The molecule has 0 saturated carbocycles. The molecule has 1 aromatic carbocycles. The summed E-state index contributed by atoms with van der Waals surface area (Å²) in [5.74, 6) is 0.674. The van der Waals surface area contributed by atoms with Crippen LogP contribution >= 0.6 is 11.6 Å². The second-order valence-corrected chi connectivity index (χ2v) is 12.2. The zero-order valence-corrected chi connectivity index (χ0v) is 22.3. The van der Waals surface area contributed by atoms with Crippen molar-refractivity contribution in [2.24, 2.45) is 0 Å². The minimum Gasteiger partial charge on any atom is -0.477 e. The lowest BCUT2D eigenvalue weighted by Gasteiger charge is -2.33. The second-order valence-electron chi connectivity index (χ2n) is 9.82. The Bertz CT molecular complexity index is 1300. The predicted molar refractivity (Wildman–Crippen MR) is 133 cm³/mol. The summed E-state index contributed by atoms with van der Waals surface area (Å²) in [6.07, 6.45) is 4.20. The van der Waals surface area contributed by atoms with Crippen molar-refractivity contribution in [1.29, 1.82) is 0 Å². The van der Waals surface area contributed by atoms with Gasteiger partial charge in [0.25, 0.3) is 0 Å². The number of hydrogen-bond acceptors (Lipinski definition) is 8. The number of hydrogen-bond donors (Lipinski definition) is 0. The molecule has 0 aliphatic carbocycles. The largest absolute Gasteiger partial charge is 0.477 e. The smallest absolute Gasteiger partial charge is 0.232 e. The summed E-state index contributed by atoms with van der Waals surface area (Å²) in [7, 11) is -3.66. The van der Waals surface area contributed by atoms with E-state index in [1.165, 1.54) is 0 Å². The van der Waals surface area contributed by atoms with Crippen LogP contribution in [0.15, 0.2) is 40.0 Å². The van der Waals surface area contributed by atoms with Gasteiger partial charge >= 0.3 is 0 Å². The van der Waals surface area contributed by atoms with Gasteiger partial charge in [0, 0.05) is 18.5 Å². The first kappa shape index (κ1) is 25.6. The van der Waals surface area contributed by atoms with E-state index in [2.05, 4.69) is 26.9 Å². The molecule has 1 atom stereocenters. The van der Waals surface area contributed by atoms with E-state index < -0.39 is 9.84 Å². The number of nitrogens with zero attached hydrogens (tertiary/aromatic N) is 4. The normalized spacial score (nSPS) is 15.6. The predicted octanol–water partition coefficient (Wildman–Crippen LogP) is 4.91. The van der Waals surface area contributed by atoms with Crippen molar-refractivity contribution in [3.05, 3.63) is 63.9 Å². The van der Waals surface area contributed by atoms with Crippen LogP contribution in [0.25, 0.3) is 0 Å². The van der Waals surface area contributed by atoms with Gasteiger partial charge in [0.05, 0.1) is 35.6 Å². The molecule has 3 heterocycles. The molecule has 10 heteroatoms. The number of sulfone groups is 1. The minimum absolute atomic E-state index is 0.0244. The molecule has 1 aliphatic rings. The van der Waals surface area contributed by atoms with Crippen LogP contribution in [0.2, 0.25) is 5.02 Å². The summed E-state index contributed by atoms with van der Waals surface area (Å²) >= 11 is 6.41. The van der Waals surface area contributed by atoms with E-state index in [1.807, 2.05) is 33.8 Å². The van der Waals surface area contributed by atoms with E-state index in [9.17, 15) is 8.42 Å². The Labute approximate surface area is 211 Å². The fourth-order valence-corrected chi connectivity index (χ4v) is 5.98. The Hall–Kier alpha value is -2.49. The number of halogens is 1. The Morgan fingerprint density at radius 3 is 2.60 bits per heavy atom. The van der Waals surface area contributed by atoms with Crippen molar-refractivity contribution in [2.45, 2.75) is 69.7 Å². The van der Waals surface area contributed by atoms with Gasteiger partial charge < -0.3 is 9.26 Å². The minimum atomic E-state index is -3.66. The van der Waals surface area contributed by atoms with Gasteiger partial charge in [-0.2, -0.15) is 0 Å². The van der Waals surface area contributed by atoms with Gasteiger partial charge in [0.1, 0.15) is 16.5 Å². The Morgan fingerprint density at radius 2 is 1.97 bits per heavy atom. The summed E-state index contributed by atoms with van der Waals surface area (Å²) in [6, 6.07) is 5.37. The van der Waals surface area contributed by atoms with E-state index >= 15 is 0 Å². The number of aromatic nitrogens is 3. The molecule has 0 N–H and O–H groups in total. The van der Waals surface area contributed by atoms with Gasteiger partial charge in [-0.1, -0.05) is 43.6 Å². The number of rotatable bonds is 7. The number of benzene rings is 1. The molecule has 0 saturated heterocycles. The molecule has 2 aromatic heterocycles. The first-order valence-electron chi connectivity index (χ1n) is 11.7. The average Bonchev–Trinajstić information content (AvgIpc) is 3.18. The quantitative estimate of drug-likeness (QED) is 0.435. The Balaban J connectivity index is 1.53. The molecule has 3 aromatic rings. The van der Waals surface area contributed by atoms with Crippen LogP contribution < -0.4 is 4.74 Å². The van der Waals surface area contributed by atoms with Crippen molar-refractivity contribution in [3.8, 4) is 5.88 Å². The van der Waals surface area contributed by atoms with Crippen LogP contribution in [0.5, 0.6) is 5.88 Å². The van der Waals surface area contributed by atoms with Crippen molar-refractivity contribution in [3.63, 3.8) is 0 Å². The molecule has 0 unspecified atom stereocenters. The lowest BCUT2D eigenvalue weighted by atomic mass is 9.93. The number of ether oxygens (including phenoxy) is 1. The maximum absolute atomic E-state index is 13.2. The van der Waals surface area contributed by atoms with Crippen LogP contribution in [0, 0.1) is 0 Å². The zero-order valence-electron chi connectivity index (χ0n) is 20.7. The fraction of sp³-hybridized carbons (Fsp3) is 0.480. The van der Waals surface area contributed by atoms with Gasteiger partial charge in [0.2, 0.25) is 5.88 Å². The van der Waals surface area contributed by atoms with Gasteiger partial charge in [-0.05, 0) is 43.5 Å². The molecule has 0 fully saturated rings. The standard InChI is InChI=1S/C25H31ClN4O4S/c1-6-33-22-13-27-20(12-28-22)16(2)30-10-9-17-7-8-19(11-18(17)14-30)35(31,32)15-21-23(26)24(34-29-21)25(3,4)5/h7-8,11-13,16H,6,9-10,14-15H2,1-5H3/t16-/m1/s1. The summed E-state index contributed by atoms with van der Waals surface area (Å²) in [5.41, 5.74) is 2.85. The maximum atomic E-state index is 13.2. The van der Waals surface area contributed by atoms with Gasteiger partial charge in [-0.25, -0.2) is 13.4 Å². The highest BCUT2D eigenvalue weighted by atomic mass is 35.5. The third-order valence-electron chi connectivity index (χ3n) is 6.20. The summed E-state index contributed by atoms with van der Waals surface area (Å²) in [5, 5.41) is 4.22. The maximum Gasteiger partial charge on any atom is 0.232 e. The lowest BCUT2D eigenvalue weighted by Crippen LogP contribution is -2.33. The van der Waals surface area contributed by atoms with Crippen molar-refractivity contribution >= 4 is 21.4 Å². The topological polar surface area (TPSA) is 98.4 Å². The Kier molecular flexibility index (Phi) is 7.22. The van der Waals surface area contributed by atoms with Crippen molar-refractivity contribution in [1.82, 2.24) is 20.0 Å². The monoisotopic (exact) mass is 518 g/mol. The molecule has 4 rings (SSSR count). The van der Waals surface area contributed by atoms with Crippen LogP contribution in [0.4, 0.5) is 0 Å². The summed E-state index contributed by atoms with van der Waals surface area (Å²) in [6.45, 7) is 11.8. The van der Waals surface area contributed by atoms with Crippen LogP contribution in [0.1, 0.15) is 68.9 Å².